The molecule has 0 bridgehead atoms. The van der Waals surface area contributed by atoms with E-state index in [1.54, 1.807) is 9.58 Å². The normalized spacial score (nSPS) is 21.4. The molecular formula is C16H25N5O2. The van der Waals surface area contributed by atoms with E-state index in [0.717, 1.165) is 24.5 Å². The van der Waals surface area contributed by atoms with Gasteiger partial charge in [-0.15, -0.1) is 5.10 Å². The third-order valence-electron chi connectivity index (χ3n) is 4.67. The smallest absolute Gasteiger partial charge is 0.246 e. The van der Waals surface area contributed by atoms with Crippen LogP contribution in [0.15, 0.2) is 12.7 Å². The van der Waals surface area contributed by atoms with Crippen molar-refractivity contribution in [2.24, 2.45) is 7.05 Å². The zero-order chi connectivity index (χ0) is 16.2. The van der Waals surface area contributed by atoms with E-state index in [1.807, 2.05) is 7.05 Å². The van der Waals surface area contributed by atoms with Crippen LogP contribution in [0.5, 0.6) is 0 Å². The van der Waals surface area contributed by atoms with Gasteiger partial charge < -0.3 is 14.5 Å². The lowest BCUT2D eigenvalue weighted by Gasteiger charge is -2.31. The molecule has 0 aromatic carbocycles. The number of aryl methyl sites for hydroxylation is 1. The van der Waals surface area contributed by atoms with Gasteiger partial charge in [0.2, 0.25) is 5.91 Å². The Morgan fingerprint density at radius 1 is 1.43 bits per heavy atom. The van der Waals surface area contributed by atoms with Crippen LogP contribution in [0.2, 0.25) is 0 Å². The van der Waals surface area contributed by atoms with Crippen LogP contribution in [-0.2, 0) is 23.1 Å². The second kappa shape index (κ2) is 7.23. The molecule has 0 spiro atoms. The first-order valence-corrected chi connectivity index (χ1v) is 8.29. The maximum absolute atomic E-state index is 11.9. The number of aromatic nitrogens is 3. The minimum atomic E-state index is -0.0663. The first-order chi connectivity index (χ1) is 11.2. The highest BCUT2D eigenvalue weighted by atomic mass is 16.5. The predicted molar refractivity (Wildman–Crippen MR) is 85.9 cm³/mol. The molecule has 126 valence electrons. The molecule has 0 radical (unpaired) electrons. The summed E-state index contributed by atoms with van der Waals surface area (Å²) in [7, 11) is 1.90. The fraction of sp³-hybridized carbons (Fsp3) is 0.688. The molecular weight excluding hydrogens is 294 g/mol. The van der Waals surface area contributed by atoms with Gasteiger partial charge in [-0.2, -0.15) is 0 Å². The van der Waals surface area contributed by atoms with Gasteiger partial charge in [0.15, 0.2) is 0 Å². The number of carbonyl (C=O) groups excluding carboxylic acids is 1. The molecule has 23 heavy (non-hydrogen) atoms. The summed E-state index contributed by atoms with van der Waals surface area (Å²) in [5.74, 6) is 0.0459. The van der Waals surface area contributed by atoms with Gasteiger partial charge in [0.1, 0.15) is 5.69 Å². The Balaban J connectivity index is 1.58. The summed E-state index contributed by atoms with van der Waals surface area (Å²) in [6.07, 6.45) is 3.95. The van der Waals surface area contributed by atoms with E-state index in [2.05, 4.69) is 21.8 Å². The first-order valence-electron chi connectivity index (χ1n) is 8.29. The molecule has 7 heteroatoms. The monoisotopic (exact) mass is 319 g/mol. The molecule has 0 aliphatic carbocycles. The number of likely N-dealkylation sites (tertiary alicyclic amines) is 1. The Bertz CT molecular complexity index is 565. The molecule has 1 atom stereocenters. The van der Waals surface area contributed by atoms with E-state index >= 15 is 0 Å². The standard InChI is InChI=1S/C16H25N5O2/c1-3-15(22)21-10-13(16-14(11-21)17-18-19(16)2)12-23-9-8-20-6-4-5-7-20/h3,13H,1,4-12H2,2H3. The Hall–Kier alpha value is -1.73. The minimum Gasteiger partial charge on any atom is -0.379 e. The van der Waals surface area contributed by atoms with Crippen molar-refractivity contribution in [3.05, 3.63) is 24.0 Å². The van der Waals surface area contributed by atoms with E-state index in [0.29, 0.717) is 19.7 Å². The second-order valence-corrected chi connectivity index (χ2v) is 6.29. The van der Waals surface area contributed by atoms with Gasteiger partial charge in [-0.1, -0.05) is 11.8 Å². The van der Waals surface area contributed by atoms with Gasteiger partial charge >= 0.3 is 0 Å². The number of rotatable bonds is 6. The molecule has 2 aliphatic heterocycles. The summed E-state index contributed by atoms with van der Waals surface area (Å²) in [5, 5.41) is 8.28. The van der Waals surface area contributed by atoms with E-state index in [9.17, 15) is 4.79 Å². The van der Waals surface area contributed by atoms with Crippen molar-refractivity contribution >= 4 is 5.91 Å². The van der Waals surface area contributed by atoms with Gasteiger partial charge in [0.05, 0.1) is 25.5 Å². The minimum absolute atomic E-state index is 0.0663. The number of fused-ring (bicyclic) bond motifs is 1. The van der Waals surface area contributed by atoms with E-state index < -0.39 is 0 Å². The van der Waals surface area contributed by atoms with Crippen LogP contribution in [0.1, 0.15) is 30.1 Å². The summed E-state index contributed by atoms with van der Waals surface area (Å²) < 4.78 is 7.71. The molecule has 1 fully saturated rings. The molecule has 0 N–H and O–H groups in total. The molecule has 1 aromatic heterocycles. The maximum Gasteiger partial charge on any atom is 0.246 e. The van der Waals surface area contributed by atoms with E-state index in [4.69, 9.17) is 4.74 Å². The third kappa shape index (κ3) is 3.61. The van der Waals surface area contributed by atoms with Crippen LogP contribution in [0.25, 0.3) is 0 Å². The number of nitrogens with zero attached hydrogens (tertiary/aromatic N) is 5. The number of hydrogen-bond acceptors (Lipinski definition) is 5. The van der Waals surface area contributed by atoms with Crippen LogP contribution < -0.4 is 0 Å². The quantitative estimate of drug-likeness (QED) is 0.566. The summed E-state index contributed by atoms with van der Waals surface area (Å²) in [5.41, 5.74) is 1.95. The Labute approximate surface area is 136 Å². The summed E-state index contributed by atoms with van der Waals surface area (Å²) in [6.45, 7) is 9.37. The van der Waals surface area contributed by atoms with Crippen LogP contribution in [0.3, 0.4) is 0 Å². The van der Waals surface area contributed by atoms with Crippen LogP contribution in [0.4, 0.5) is 0 Å². The molecule has 0 saturated carbocycles. The van der Waals surface area contributed by atoms with Crippen molar-refractivity contribution in [2.45, 2.75) is 25.3 Å². The average Bonchev–Trinajstić information content (AvgIpc) is 3.20. The largest absolute Gasteiger partial charge is 0.379 e. The molecule has 1 saturated heterocycles. The van der Waals surface area contributed by atoms with Crippen LogP contribution >= 0.6 is 0 Å². The number of hydrogen-bond donors (Lipinski definition) is 0. The Kier molecular flexibility index (Phi) is 5.07. The first kappa shape index (κ1) is 16.1. The number of amides is 1. The lowest BCUT2D eigenvalue weighted by molar-refractivity contribution is -0.127. The highest BCUT2D eigenvalue weighted by molar-refractivity contribution is 5.87. The van der Waals surface area contributed by atoms with Gasteiger partial charge in [-0.05, 0) is 32.0 Å². The zero-order valence-corrected chi connectivity index (χ0v) is 13.8. The predicted octanol–water partition coefficient (Wildman–Crippen LogP) is 0.539. The molecule has 3 rings (SSSR count). The lowest BCUT2D eigenvalue weighted by Crippen LogP contribution is -2.39. The van der Waals surface area contributed by atoms with Crippen molar-refractivity contribution in [1.29, 1.82) is 0 Å². The highest BCUT2D eigenvalue weighted by Gasteiger charge is 2.31. The van der Waals surface area contributed by atoms with Crippen molar-refractivity contribution in [3.8, 4) is 0 Å². The summed E-state index contributed by atoms with van der Waals surface area (Å²) in [6, 6.07) is 0. The van der Waals surface area contributed by atoms with Gasteiger partial charge in [0.25, 0.3) is 0 Å². The van der Waals surface area contributed by atoms with Crippen molar-refractivity contribution in [3.63, 3.8) is 0 Å². The third-order valence-corrected chi connectivity index (χ3v) is 4.67. The van der Waals surface area contributed by atoms with Gasteiger partial charge in [-0.25, -0.2) is 0 Å². The molecule has 3 heterocycles. The fourth-order valence-electron chi connectivity index (χ4n) is 3.47. The van der Waals surface area contributed by atoms with Crippen molar-refractivity contribution in [1.82, 2.24) is 24.8 Å². The molecule has 1 amide bonds. The van der Waals surface area contributed by atoms with E-state index in [1.165, 1.54) is 32.0 Å². The van der Waals surface area contributed by atoms with Crippen LogP contribution in [0, 0.1) is 0 Å². The number of ether oxygens (including phenoxy) is 1. The fourth-order valence-corrected chi connectivity index (χ4v) is 3.47. The molecule has 1 aromatic rings. The summed E-state index contributed by atoms with van der Waals surface area (Å²) in [4.78, 5) is 16.1. The van der Waals surface area contributed by atoms with Crippen molar-refractivity contribution < 1.29 is 9.53 Å². The summed E-state index contributed by atoms with van der Waals surface area (Å²) >= 11 is 0. The molecule has 2 aliphatic rings. The molecule has 7 nitrogen and oxygen atoms in total. The van der Waals surface area contributed by atoms with Gasteiger partial charge in [-0.3, -0.25) is 9.48 Å². The Morgan fingerprint density at radius 2 is 2.22 bits per heavy atom. The number of carbonyl (C=O) groups is 1. The average molecular weight is 319 g/mol. The van der Waals surface area contributed by atoms with Crippen LogP contribution in [-0.4, -0.2) is 70.1 Å². The molecule has 1 unspecified atom stereocenters. The van der Waals surface area contributed by atoms with E-state index in [-0.39, 0.29) is 11.8 Å². The zero-order valence-electron chi connectivity index (χ0n) is 13.8. The maximum atomic E-state index is 11.9. The highest BCUT2D eigenvalue weighted by Crippen LogP contribution is 2.27. The SMILES string of the molecule is C=CC(=O)N1Cc2nnn(C)c2C(COCCN2CCCC2)C1. The lowest BCUT2D eigenvalue weighted by atomic mass is 9.99. The Morgan fingerprint density at radius 3 is 2.96 bits per heavy atom. The second-order valence-electron chi connectivity index (χ2n) is 6.29. The van der Waals surface area contributed by atoms with Gasteiger partial charge in [0, 0.05) is 26.1 Å². The topological polar surface area (TPSA) is 63.5 Å². The van der Waals surface area contributed by atoms with Crippen molar-refractivity contribution in [2.75, 3.05) is 39.4 Å².